The molecule has 0 aromatic heterocycles. The second-order valence-electron chi connectivity index (χ2n) is 3.29. The lowest BCUT2D eigenvalue weighted by molar-refractivity contribution is 0.0214. The molecular weight excluding hydrogens is 192 g/mol. The van der Waals surface area contributed by atoms with Crippen molar-refractivity contribution >= 4 is 15.9 Å². The van der Waals surface area contributed by atoms with Crippen molar-refractivity contribution in [2.75, 3.05) is 11.9 Å². The van der Waals surface area contributed by atoms with E-state index in [-0.39, 0.29) is 5.60 Å². The summed E-state index contributed by atoms with van der Waals surface area (Å²) >= 11 is 3.50. The topological polar surface area (TPSA) is 9.23 Å². The van der Waals surface area contributed by atoms with Crippen LogP contribution in [0.15, 0.2) is 0 Å². The summed E-state index contributed by atoms with van der Waals surface area (Å²) < 4.78 is 5.70. The van der Waals surface area contributed by atoms with Crippen LogP contribution in [0.4, 0.5) is 0 Å². The van der Waals surface area contributed by atoms with Crippen LogP contribution in [0.2, 0.25) is 0 Å². The molecule has 0 N–H and O–H groups in total. The molecule has 1 aliphatic rings. The van der Waals surface area contributed by atoms with Gasteiger partial charge in [0.1, 0.15) is 0 Å². The Labute approximate surface area is 71.3 Å². The fraction of sp³-hybridized carbons (Fsp3) is 1.00. The largest absolute Gasteiger partial charge is 0.374 e. The smallest absolute Gasteiger partial charge is 0.0779 e. The standard InChI is InChI=1S/C8H15BrO/c1-3-8(6-9)4-7(2)5-10-8/h7H,3-6H2,1-2H3. The molecule has 1 saturated heterocycles. The van der Waals surface area contributed by atoms with Gasteiger partial charge in [-0.1, -0.05) is 29.8 Å². The number of hydrogen-bond donors (Lipinski definition) is 0. The first-order chi connectivity index (χ1) is 4.72. The number of ether oxygens (including phenoxy) is 1. The molecule has 2 heteroatoms. The van der Waals surface area contributed by atoms with Gasteiger partial charge in [0.05, 0.1) is 12.2 Å². The summed E-state index contributed by atoms with van der Waals surface area (Å²) in [5.41, 5.74) is 0.166. The van der Waals surface area contributed by atoms with E-state index < -0.39 is 0 Å². The summed E-state index contributed by atoms with van der Waals surface area (Å²) in [5, 5.41) is 0.987. The van der Waals surface area contributed by atoms with Crippen molar-refractivity contribution in [3.8, 4) is 0 Å². The first kappa shape index (κ1) is 8.54. The van der Waals surface area contributed by atoms with Gasteiger partial charge in [-0.3, -0.25) is 0 Å². The van der Waals surface area contributed by atoms with Crippen LogP contribution in [-0.2, 0) is 4.74 Å². The Kier molecular flexibility index (Phi) is 2.75. The Morgan fingerprint density at radius 3 is 2.60 bits per heavy atom. The molecule has 1 aliphatic heterocycles. The molecule has 10 heavy (non-hydrogen) atoms. The maximum Gasteiger partial charge on any atom is 0.0779 e. The van der Waals surface area contributed by atoms with E-state index in [9.17, 15) is 0 Å². The Morgan fingerprint density at radius 1 is 1.70 bits per heavy atom. The molecule has 1 heterocycles. The molecule has 0 amide bonds. The number of hydrogen-bond acceptors (Lipinski definition) is 1. The summed E-state index contributed by atoms with van der Waals surface area (Å²) in [6, 6.07) is 0. The predicted molar refractivity (Wildman–Crippen MR) is 46.5 cm³/mol. The maximum absolute atomic E-state index is 5.70. The van der Waals surface area contributed by atoms with E-state index in [2.05, 4.69) is 29.8 Å². The molecule has 1 rings (SSSR count). The molecule has 0 spiro atoms. The Bertz CT molecular complexity index is 110. The van der Waals surface area contributed by atoms with Gasteiger partial charge < -0.3 is 4.74 Å². The molecule has 1 nitrogen and oxygen atoms in total. The van der Waals surface area contributed by atoms with Gasteiger partial charge >= 0.3 is 0 Å². The van der Waals surface area contributed by atoms with E-state index in [4.69, 9.17) is 4.74 Å². The Hall–Kier alpha value is 0.440. The monoisotopic (exact) mass is 206 g/mol. The summed E-state index contributed by atoms with van der Waals surface area (Å²) in [4.78, 5) is 0. The Balaban J connectivity index is 2.51. The normalized spacial score (nSPS) is 40.5. The molecule has 0 aromatic carbocycles. The first-order valence-electron chi connectivity index (χ1n) is 3.92. The average molecular weight is 207 g/mol. The van der Waals surface area contributed by atoms with Gasteiger partial charge in [0.15, 0.2) is 0 Å². The van der Waals surface area contributed by atoms with E-state index in [1.807, 2.05) is 0 Å². The van der Waals surface area contributed by atoms with Crippen LogP contribution in [0, 0.1) is 5.92 Å². The molecule has 0 saturated carbocycles. The van der Waals surface area contributed by atoms with E-state index >= 15 is 0 Å². The van der Waals surface area contributed by atoms with Crippen LogP contribution < -0.4 is 0 Å². The predicted octanol–water partition coefficient (Wildman–Crippen LogP) is 2.59. The minimum Gasteiger partial charge on any atom is -0.374 e. The molecule has 0 radical (unpaired) electrons. The molecule has 0 aromatic rings. The maximum atomic E-state index is 5.70. The molecular formula is C8H15BrO. The molecule has 2 atom stereocenters. The number of rotatable bonds is 2. The van der Waals surface area contributed by atoms with Crippen LogP contribution in [0.5, 0.6) is 0 Å². The van der Waals surface area contributed by atoms with Crippen molar-refractivity contribution in [2.45, 2.75) is 32.3 Å². The Morgan fingerprint density at radius 2 is 2.40 bits per heavy atom. The van der Waals surface area contributed by atoms with Gasteiger partial charge in [0.2, 0.25) is 0 Å². The van der Waals surface area contributed by atoms with Gasteiger partial charge in [0, 0.05) is 5.33 Å². The highest BCUT2D eigenvalue weighted by Gasteiger charge is 2.35. The fourth-order valence-electron chi connectivity index (χ4n) is 1.51. The highest BCUT2D eigenvalue weighted by molar-refractivity contribution is 9.09. The second-order valence-corrected chi connectivity index (χ2v) is 3.85. The van der Waals surface area contributed by atoms with E-state index in [1.54, 1.807) is 0 Å². The van der Waals surface area contributed by atoms with Crippen molar-refractivity contribution in [3.05, 3.63) is 0 Å². The highest BCUT2D eigenvalue weighted by Crippen LogP contribution is 2.33. The van der Waals surface area contributed by atoms with E-state index in [0.717, 1.165) is 24.3 Å². The minimum atomic E-state index is 0.166. The zero-order valence-corrected chi connectivity index (χ0v) is 8.28. The fourth-order valence-corrected chi connectivity index (χ4v) is 2.29. The molecule has 0 bridgehead atoms. The van der Waals surface area contributed by atoms with Crippen LogP contribution in [-0.4, -0.2) is 17.5 Å². The zero-order chi connectivity index (χ0) is 7.61. The average Bonchev–Trinajstić information content (AvgIpc) is 2.33. The first-order valence-corrected chi connectivity index (χ1v) is 5.04. The molecule has 1 fully saturated rings. The molecule has 2 unspecified atom stereocenters. The lowest BCUT2D eigenvalue weighted by atomic mass is 9.95. The van der Waals surface area contributed by atoms with Gasteiger partial charge in [-0.2, -0.15) is 0 Å². The third-order valence-corrected chi connectivity index (χ3v) is 3.30. The van der Waals surface area contributed by atoms with Gasteiger partial charge in [-0.25, -0.2) is 0 Å². The van der Waals surface area contributed by atoms with Crippen LogP contribution in [0.25, 0.3) is 0 Å². The number of halogens is 1. The third-order valence-electron chi connectivity index (χ3n) is 2.28. The zero-order valence-electron chi connectivity index (χ0n) is 6.69. The summed E-state index contributed by atoms with van der Waals surface area (Å²) in [5.74, 6) is 0.748. The van der Waals surface area contributed by atoms with Gasteiger partial charge in [-0.15, -0.1) is 0 Å². The summed E-state index contributed by atoms with van der Waals surface area (Å²) in [6.45, 7) is 5.39. The van der Waals surface area contributed by atoms with Gasteiger partial charge in [0.25, 0.3) is 0 Å². The summed E-state index contributed by atoms with van der Waals surface area (Å²) in [6.07, 6.45) is 2.34. The van der Waals surface area contributed by atoms with Crippen molar-refractivity contribution < 1.29 is 4.74 Å². The van der Waals surface area contributed by atoms with Gasteiger partial charge in [-0.05, 0) is 18.8 Å². The van der Waals surface area contributed by atoms with Crippen molar-refractivity contribution in [2.24, 2.45) is 5.92 Å². The lowest BCUT2D eigenvalue weighted by Gasteiger charge is -2.23. The third kappa shape index (κ3) is 1.54. The summed E-state index contributed by atoms with van der Waals surface area (Å²) in [7, 11) is 0. The van der Waals surface area contributed by atoms with Crippen molar-refractivity contribution in [1.29, 1.82) is 0 Å². The van der Waals surface area contributed by atoms with E-state index in [0.29, 0.717) is 0 Å². The highest BCUT2D eigenvalue weighted by atomic mass is 79.9. The minimum absolute atomic E-state index is 0.166. The van der Waals surface area contributed by atoms with Crippen molar-refractivity contribution in [1.82, 2.24) is 0 Å². The van der Waals surface area contributed by atoms with Crippen LogP contribution in [0.3, 0.4) is 0 Å². The molecule has 60 valence electrons. The SMILES string of the molecule is CCC1(CBr)CC(C)CO1. The van der Waals surface area contributed by atoms with E-state index in [1.165, 1.54) is 6.42 Å². The quantitative estimate of drug-likeness (QED) is 0.632. The second kappa shape index (κ2) is 3.22. The molecule has 0 aliphatic carbocycles. The lowest BCUT2D eigenvalue weighted by Crippen LogP contribution is -2.28. The van der Waals surface area contributed by atoms with Crippen LogP contribution >= 0.6 is 15.9 Å². The van der Waals surface area contributed by atoms with Crippen LogP contribution in [0.1, 0.15) is 26.7 Å². The number of alkyl halides is 1. The van der Waals surface area contributed by atoms with Crippen molar-refractivity contribution in [3.63, 3.8) is 0 Å².